The molecule has 19 heavy (non-hydrogen) atoms. The van der Waals surface area contributed by atoms with Crippen LogP contribution in [-0.4, -0.2) is 18.0 Å². The molecule has 0 aromatic carbocycles. The number of esters is 1. The van der Waals surface area contributed by atoms with E-state index in [0.29, 0.717) is 12.8 Å². The maximum atomic E-state index is 12.0. The monoisotopic (exact) mass is 325 g/mol. The molecular formula is C12H14Cl3NO3. The first-order valence-corrected chi connectivity index (χ1v) is 6.83. The van der Waals surface area contributed by atoms with Crippen molar-refractivity contribution in [2.75, 3.05) is 0 Å². The van der Waals surface area contributed by atoms with Gasteiger partial charge in [-0.25, -0.2) is 0 Å². The van der Waals surface area contributed by atoms with Crippen molar-refractivity contribution in [2.45, 2.75) is 25.9 Å². The molecule has 0 aliphatic heterocycles. The Morgan fingerprint density at radius 2 is 1.74 bits per heavy atom. The van der Waals surface area contributed by atoms with Crippen molar-refractivity contribution < 1.29 is 14.3 Å². The Bertz CT molecular complexity index is 430. The Morgan fingerprint density at radius 3 is 2.21 bits per heavy atom. The molecule has 1 rings (SSSR count). The highest BCUT2D eigenvalue weighted by molar-refractivity contribution is 6.59. The number of carbonyl (C=O) groups is 2. The van der Waals surface area contributed by atoms with E-state index in [1.165, 1.54) is 0 Å². The number of ether oxygens (including phenoxy) is 1. The minimum Gasteiger partial charge on any atom is -0.457 e. The third kappa shape index (κ3) is 4.41. The smallest absolute Gasteiger partial charge is 0.310 e. The Hall–Kier alpha value is -0.710. The van der Waals surface area contributed by atoms with Crippen molar-refractivity contribution in [3.63, 3.8) is 0 Å². The van der Waals surface area contributed by atoms with E-state index < -0.39 is 29.8 Å². The van der Waals surface area contributed by atoms with E-state index in [2.05, 4.69) is 0 Å². The average molecular weight is 327 g/mol. The van der Waals surface area contributed by atoms with Gasteiger partial charge in [0.2, 0.25) is 5.91 Å². The van der Waals surface area contributed by atoms with Gasteiger partial charge in [0.25, 0.3) is 0 Å². The van der Waals surface area contributed by atoms with Gasteiger partial charge < -0.3 is 10.5 Å². The number of amides is 1. The van der Waals surface area contributed by atoms with Crippen LogP contribution in [0.3, 0.4) is 0 Å². The Labute approximate surface area is 126 Å². The molecule has 0 aromatic rings. The highest BCUT2D eigenvalue weighted by atomic mass is 35.5. The second-order valence-corrected chi connectivity index (χ2v) is 5.60. The van der Waals surface area contributed by atoms with Gasteiger partial charge in [-0.05, 0) is 19.8 Å². The van der Waals surface area contributed by atoms with Crippen LogP contribution in [0.15, 0.2) is 21.7 Å². The Balaban J connectivity index is 2.74. The largest absolute Gasteiger partial charge is 0.457 e. The molecule has 1 amide bonds. The molecule has 0 fully saturated rings. The van der Waals surface area contributed by atoms with E-state index in [0.717, 1.165) is 0 Å². The minimum atomic E-state index is -0.765. The van der Waals surface area contributed by atoms with Crippen LogP contribution in [0, 0.1) is 11.8 Å². The van der Waals surface area contributed by atoms with Crippen LogP contribution in [-0.2, 0) is 14.3 Å². The van der Waals surface area contributed by atoms with Gasteiger partial charge in [0, 0.05) is 0 Å². The van der Waals surface area contributed by atoms with Gasteiger partial charge in [0.15, 0.2) is 0 Å². The van der Waals surface area contributed by atoms with Gasteiger partial charge in [-0.2, -0.15) is 0 Å². The fourth-order valence-corrected chi connectivity index (χ4v) is 2.21. The molecule has 3 atom stereocenters. The molecule has 2 N–H and O–H groups in total. The molecule has 0 heterocycles. The van der Waals surface area contributed by atoms with Crippen LogP contribution in [0.2, 0.25) is 0 Å². The van der Waals surface area contributed by atoms with Crippen molar-refractivity contribution in [1.82, 2.24) is 0 Å². The first-order valence-electron chi connectivity index (χ1n) is 5.70. The van der Waals surface area contributed by atoms with Gasteiger partial charge in [-0.15, -0.1) is 0 Å². The predicted molar refractivity (Wildman–Crippen MR) is 74.7 cm³/mol. The van der Waals surface area contributed by atoms with Crippen molar-refractivity contribution in [3.05, 3.63) is 21.7 Å². The van der Waals surface area contributed by atoms with E-state index in [-0.39, 0.29) is 9.52 Å². The fraction of sp³-hybridized carbons (Fsp3) is 0.500. The van der Waals surface area contributed by atoms with Crippen LogP contribution < -0.4 is 5.73 Å². The first-order chi connectivity index (χ1) is 8.84. The van der Waals surface area contributed by atoms with Crippen molar-refractivity contribution >= 4 is 46.7 Å². The summed E-state index contributed by atoms with van der Waals surface area (Å²) < 4.78 is 5.00. The van der Waals surface area contributed by atoms with Crippen LogP contribution in [0.4, 0.5) is 0 Å². The Kier molecular flexibility index (Phi) is 6.17. The van der Waals surface area contributed by atoms with Gasteiger partial charge >= 0.3 is 5.97 Å². The first kappa shape index (κ1) is 16.3. The van der Waals surface area contributed by atoms with E-state index in [9.17, 15) is 9.59 Å². The molecule has 0 spiro atoms. The highest BCUT2D eigenvalue weighted by Crippen LogP contribution is 2.29. The number of carbonyl (C=O) groups excluding carboxylic acids is 2. The summed E-state index contributed by atoms with van der Waals surface area (Å²) in [4.78, 5) is 23.3. The standard InChI is InChI=1S/C12H14Cl3NO3/c1-6(9(13)10(14)15)19-12(18)8-5-3-2-4-7(8)11(16)17/h2-3,6-8H,4-5H2,1H3,(H2,16,17)/t6-,7-,8-/m1/s1. The highest BCUT2D eigenvalue weighted by Gasteiger charge is 2.34. The van der Waals surface area contributed by atoms with Gasteiger partial charge in [-0.1, -0.05) is 47.0 Å². The molecular weight excluding hydrogens is 312 g/mol. The summed E-state index contributed by atoms with van der Waals surface area (Å²) in [5.74, 6) is -2.20. The number of rotatable bonds is 4. The van der Waals surface area contributed by atoms with Crippen LogP contribution in [0.5, 0.6) is 0 Å². The number of nitrogens with two attached hydrogens (primary N) is 1. The van der Waals surface area contributed by atoms with E-state index in [1.807, 2.05) is 12.2 Å². The SMILES string of the molecule is C[C@@H](OC(=O)[C@@H]1CC=CC[C@H]1C(N)=O)C(Cl)=C(Cl)Cl. The number of allylic oxidation sites excluding steroid dienone is 2. The second kappa shape index (κ2) is 7.17. The Morgan fingerprint density at radius 1 is 1.21 bits per heavy atom. The van der Waals surface area contributed by atoms with Gasteiger partial charge in [0.1, 0.15) is 10.6 Å². The third-order valence-corrected chi connectivity index (χ3v) is 4.03. The molecule has 0 bridgehead atoms. The topological polar surface area (TPSA) is 69.4 Å². The van der Waals surface area contributed by atoms with Crippen molar-refractivity contribution in [3.8, 4) is 0 Å². The van der Waals surface area contributed by atoms with Gasteiger partial charge in [-0.3, -0.25) is 9.59 Å². The van der Waals surface area contributed by atoms with Crippen LogP contribution >= 0.6 is 34.8 Å². The number of hydrogen-bond acceptors (Lipinski definition) is 3. The van der Waals surface area contributed by atoms with Gasteiger partial charge in [0.05, 0.1) is 16.9 Å². The zero-order valence-corrected chi connectivity index (χ0v) is 12.5. The maximum absolute atomic E-state index is 12.0. The predicted octanol–water partition coefficient (Wildman–Crippen LogP) is 2.87. The lowest BCUT2D eigenvalue weighted by molar-refractivity contribution is -0.155. The molecule has 4 nitrogen and oxygen atoms in total. The molecule has 106 valence electrons. The molecule has 0 unspecified atom stereocenters. The lowest BCUT2D eigenvalue weighted by Gasteiger charge is -2.25. The average Bonchev–Trinajstić information content (AvgIpc) is 2.37. The zero-order valence-electron chi connectivity index (χ0n) is 10.2. The molecule has 1 aliphatic carbocycles. The lowest BCUT2D eigenvalue weighted by atomic mass is 9.82. The fourth-order valence-electron chi connectivity index (χ4n) is 1.86. The van der Waals surface area contributed by atoms with Crippen LogP contribution in [0.25, 0.3) is 0 Å². The number of primary amides is 1. The van der Waals surface area contributed by atoms with Crippen LogP contribution in [0.1, 0.15) is 19.8 Å². The summed E-state index contributed by atoms with van der Waals surface area (Å²) in [5.41, 5.74) is 5.28. The summed E-state index contributed by atoms with van der Waals surface area (Å²) in [6.07, 6.45) is 3.73. The van der Waals surface area contributed by atoms with Crippen molar-refractivity contribution in [2.24, 2.45) is 17.6 Å². The maximum Gasteiger partial charge on any atom is 0.310 e. The minimum absolute atomic E-state index is 0.0404. The summed E-state index contributed by atoms with van der Waals surface area (Å²) >= 11 is 16.8. The normalized spacial score (nSPS) is 23.6. The van der Waals surface area contributed by atoms with Crippen molar-refractivity contribution in [1.29, 1.82) is 0 Å². The van der Waals surface area contributed by atoms with E-state index >= 15 is 0 Å². The lowest BCUT2D eigenvalue weighted by Crippen LogP contribution is -2.37. The molecule has 0 radical (unpaired) electrons. The molecule has 0 saturated carbocycles. The number of hydrogen-bond donors (Lipinski definition) is 1. The molecule has 7 heteroatoms. The summed E-state index contributed by atoms with van der Waals surface area (Å²) in [7, 11) is 0. The summed E-state index contributed by atoms with van der Waals surface area (Å²) in [5, 5.41) is 0.0404. The molecule has 0 aromatic heterocycles. The number of halogens is 3. The van der Waals surface area contributed by atoms with E-state index in [1.54, 1.807) is 6.92 Å². The quantitative estimate of drug-likeness (QED) is 0.638. The van der Waals surface area contributed by atoms with E-state index in [4.69, 9.17) is 45.3 Å². The third-order valence-electron chi connectivity index (χ3n) is 2.93. The second-order valence-electron chi connectivity index (χ2n) is 4.25. The summed E-state index contributed by atoms with van der Waals surface area (Å²) in [6.45, 7) is 1.54. The molecule has 1 aliphatic rings. The summed E-state index contributed by atoms with van der Waals surface area (Å²) in [6, 6.07) is 0. The molecule has 0 saturated heterocycles. The zero-order chi connectivity index (χ0) is 14.6.